The van der Waals surface area contributed by atoms with Crippen LogP contribution >= 0.6 is 11.6 Å². The second-order valence-corrected chi connectivity index (χ2v) is 4.88. The molecule has 0 saturated heterocycles. The zero-order valence-corrected chi connectivity index (χ0v) is 12.3. The molecule has 0 atom stereocenters. The normalized spacial score (nSPS) is 11.3. The number of fused-ring (bicyclic) bond motifs is 1. The molecule has 0 saturated carbocycles. The van der Waals surface area contributed by atoms with Crippen molar-refractivity contribution in [2.75, 3.05) is 5.32 Å². The molecule has 0 aliphatic heterocycles. The number of rotatable bonds is 4. The third-order valence-electron chi connectivity index (χ3n) is 3.00. The Labute approximate surface area is 127 Å². The van der Waals surface area contributed by atoms with E-state index in [2.05, 4.69) is 15.3 Å². The van der Waals surface area contributed by atoms with Gasteiger partial charge in [0.2, 0.25) is 5.28 Å². The van der Waals surface area contributed by atoms with Gasteiger partial charge in [-0.2, -0.15) is 4.98 Å². The zero-order valence-electron chi connectivity index (χ0n) is 11.5. The van der Waals surface area contributed by atoms with E-state index in [0.717, 1.165) is 11.3 Å². The molecule has 0 fully saturated rings. The standard InChI is InChI=1S/C16H14ClN3O/c1-2-6-12-9-13-14(21-12)15(20-16(17)19-13)18-10-11-7-4-3-5-8-11/h2-9H,10H2,1H3,(H,18,19,20)/b6-2+. The lowest BCUT2D eigenvalue weighted by molar-refractivity contribution is 0.603. The summed E-state index contributed by atoms with van der Waals surface area (Å²) in [5.41, 5.74) is 2.46. The summed E-state index contributed by atoms with van der Waals surface area (Å²) in [5, 5.41) is 3.45. The molecule has 1 N–H and O–H groups in total. The topological polar surface area (TPSA) is 51.0 Å². The predicted octanol–water partition coefficient (Wildman–Crippen LogP) is 4.52. The molecule has 4 nitrogen and oxygen atoms in total. The summed E-state index contributed by atoms with van der Waals surface area (Å²) < 4.78 is 5.75. The number of aromatic nitrogens is 2. The lowest BCUT2D eigenvalue weighted by Crippen LogP contribution is -2.02. The molecule has 21 heavy (non-hydrogen) atoms. The van der Waals surface area contributed by atoms with Gasteiger partial charge in [-0.3, -0.25) is 0 Å². The predicted molar refractivity (Wildman–Crippen MR) is 85.3 cm³/mol. The maximum Gasteiger partial charge on any atom is 0.225 e. The Hall–Kier alpha value is -2.33. The highest BCUT2D eigenvalue weighted by Crippen LogP contribution is 2.26. The highest BCUT2D eigenvalue weighted by molar-refractivity contribution is 6.28. The number of anilines is 1. The maximum absolute atomic E-state index is 5.97. The van der Waals surface area contributed by atoms with Gasteiger partial charge < -0.3 is 9.73 Å². The molecule has 3 aromatic rings. The van der Waals surface area contributed by atoms with E-state index in [9.17, 15) is 0 Å². The first-order valence-electron chi connectivity index (χ1n) is 6.64. The van der Waals surface area contributed by atoms with Crippen molar-refractivity contribution >= 4 is 34.6 Å². The van der Waals surface area contributed by atoms with Crippen LogP contribution in [-0.4, -0.2) is 9.97 Å². The average Bonchev–Trinajstić information content (AvgIpc) is 2.88. The van der Waals surface area contributed by atoms with Gasteiger partial charge in [0.05, 0.1) is 0 Å². The van der Waals surface area contributed by atoms with E-state index >= 15 is 0 Å². The van der Waals surface area contributed by atoms with Gasteiger partial charge in [0.25, 0.3) is 0 Å². The summed E-state index contributed by atoms with van der Waals surface area (Å²) in [7, 11) is 0. The summed E-state index contributed by atoms with van der Waals surface area (Å²) >= 11 is 5.97. The minimum absolute atomic E-state index is 0.200. The highest BCUT2D eigenvalue weighted by Gasteiger charge is 2.11. The first-order chi connectivity index (χ1) is 10.3. The van der Waals surface area contributed by atoms with Crippen molar-refractivity contribution in [3.05, 3.63) is 59.1 Å². The van der Waals surface area contributed by atoms with Crippen LogP contribution < -0.4 is 5.32 Å². The smallest absolute Gasteiger partial charge is 0.225 e. The Kier molecular flexibility index (Phi) is 3.88. The number of benzene rings is 1. The van der Waals surface area contributed by atoms with Crippen molar-refractivity contribution in [2.45, 2.75) is 13.5 Å². The first-order valence-corrected chi connectivity index (χ1v) is 7.01. The summed E-state index contributed by atoms with van der Waals surface area (Å²) in [5.74, 6) is 1.33. The molecular formula is C16H14ClN3O. The van der Waals surface area contributed by atoms with Crippen molar-refractivity contribution < 1.29 is 4.42 Å². The van der Waals surface area contributed by atoms with E-state index in [-0.39, 0.29) is 5.28 Å². The molecule has 0 radical (unpaired) electrons. The molecule has 0 aliphatic rings. The molecule has 0 aliphatic carbocycles. The molecule has 5 heteroatoms. The van der Waals surface area contributed by atoms with Crippen LogP contribution in [0.5, 0.6) is 0 Å². The fourth-order valence-electron chi connectivity index (χ4n) is 2.07. The number of halogens is 1. The van der Waals surface area contributed by atoms with Crippen molar-refractivity contribution in [2.24, 2.45) is 0 Å². The first kappa shape index (κ1) is 13.6. The van der Waals surface area contributed by atoms with Gasteiger partial charge in [0.15, 0.2) is 11.4 Å². The van der Waals surface area contributed by atoms with Gasteiger partial charge in [0.1, 0.15) is 11.3 Å². The third kappa shape index (κ3) is 3.06. The van der Waals surface area contributed by atoms with Crippen LogP contribution in [0.2, 0.25) is 5.28 Å². The number of nitrogens with zero attached hydrogens (tertiary/aromatic N) is 2. The van der Waals surface area contributed by atoms with Crippen LogP contribution in [0.15, 0.2) is 46.9 Å². The molecule has 2 aromatic heterocycles. The lowest BCUT2D eigenvalue weighted by Gasteiger charge is -2.06. The quantitative estimate of drug-likeness (QED) is 0.720. The number of allylic oxidation sites excluding steroid dienone is 1. The van der Waals surface area contributed by atoms with Gasteiger partial charge in [-0.1, -0.05) is 36.4 Å². The van der Waals surface area contributed by atoms with Crippen LogP contribution in [0.25, 0.3) is 17.2 Å². The minimum Gasteiger partial charge on any atom is -0.451 e. The fraction of sp³-hybridized carbons (Fsp3) is 0.125. The van der Waals surface area contributed by atoms with Gasteiger partial charge in [0, 0.05) is 12.6 Å². The Morgan fingerprint density at radius 2 is 2.05 bits per heavy atom. The van der Waals surface area contributed by atoms with E-state index in [1.54, 1.807) is 0 Å². The molecule has 2 heterocycles. The monoisotopic (exact) mass is 299 g/mol. The van der Waals surface area contributed by atoms with E-state index in [1.165, 1.54) is 0 Å². The van der Waals surface area contributed by atoms with Gasteiger partial charge in [-0.05, 0) is 30.2 Å². The molecule has 3 rings (SSSR count). The largest absolute Gasteiger partial charge is 0.451 e. The summed E-state index contributed by atoms with van der Waals surface area (Å²) in [6.45, 7) is 2.57. The molecule has 0 amide bonds. The SMILES string of the molecule is C/C=C/c1cc2nc(Cl)nc(NCc3ccccc3)c2o1. The van der Waals surface area contributed by atoms with Crippen molar-refractivity contribution in [1.29, 1.82) is 0 Å². The van der Waals surface area contributed by atoms with Gasteiger partial charge in [-0.15, -0.1) is 0 Å². The number of furan rings is 1. The van der Waals surface area contributed by atoms with Crippen molar-refractivity contribution in [1.82, 2.24) is 9.97 Å². The third-order valence-corrected chi connectivity index (χ3v) is 3.17. The molecular weight excluding hydrogens is 286 g/mol. The Morgan fingerprint density at radius 3 is 2.81 bits per heavy atom. The second kappa shape index (κ2) is 5.97. The maximum atomic E-state index is 5.97. The summed E-state index contributed by atoms with van der Waals surface area (Å²) in [4.78, 5) is 8.40. The summed E-state index contributed by atoms with van der Waals surface area (Å²) in [6, 6.07) is 11.9. The average molecular weight is 300 g/mol. The van der Waals surface area contributed by atoms with Crippen LogP contribution in [-0.2, 0) is 6.54 Å². The number of nitrogens with one attached hydrogen (secondary N) is 1. The fourth-order valence-corrected chi connectivity index (χ4v) is 2.24. The Bertz CT molecular complexity index is 781. The second-order valence-electron chi connectivity index (χ2n) is 4.54. The molecule has 0 bridgehead atoms. The highest BCUT2D eigenvalue weighted by atomic mass is 35.5. The zero-order chi connectivity index (χ0) is 14.7. The Morgan fingerprint density at radius 1 is 1.24 bits per heavy atom. The van der Waals surface area contributed by atoms with Gasteiger partial charge >= 0.3 is 0 Å². The molecule has 0 spiro atoms. The van der Waals surface area contributed by atoms with Gasteiger partial charge in [-0.25, -0.2) is 4.98 Å². The van der Waals surface area contributed by atoms with E-state index in [4.69, 9.17) is 16.0 Å². The number of hydrogen-bond donors (Lipinski definition) is 1. The summed E-state index contributed by atoms with van der Waals surface area (Å²) in [6.07, 6.45) is 3.78. The van der Waals surface area contributed by atoms with E-state index < -0.39 is 0 Å². The Balaban J connectivity index is 1.93. The molecule has 106 valence electrons. The van der Waals surface area contributed by atoms with E-state index in [0.29, 0.717) is 23.5 Å². The van der Waals surface area contributed by atoms with Crippen LogP contribution in [0.4, 0.5) is 5.82 Å². The van der Waals surface area contributed by atoms with Crippen molar-refractivity contribution in [3.8, 4) is 0 Å². The lowest BCUT2D eigenvalue weighted by atomic mass is 10.2. The van der Waals surface area contributed by atoms with E-state index in [1.807, 2.05) is 55.5 Å². The molecule has 0 unspecified atom stereocenters. The molecule has 1 aromatic carbocycles. The van der Waals surface area contributed by atoms with Crippen molar-refractivity contribution in [3.63, 3.8) is 0 Å². The number of hydrogen-bond acceptors (Lipinski definition) is 4. The van der Waals surface area contributed by atoms with Crippen LogP contribution in [0, 0.1) is 0 Å². The minimum atomic E-state index is 0.200. The van der Waals surface area contributed by atoms with Crippen LogP contribution in [0.3, 0.4) is 0 Å². The van der Waals surface area contributed by atoms with Crippen LogP contribution in [0.1, 0.15) is 18.2 Å².